The molecule has 0 spiro atoms. The molecule has 0 aromatic heterocycles. The highest BCUT2D eigenvalue weighted by Gasteiger charge is 2.32. The number of nitro benzene ring substituents is 1. The largest absolute Gasteiger partial charge is 0.326 e. The van der Waals surface area contributed by atoms with Gasteiger partial charge in [-0.3, -0.25) is 14.9 Å². The number of thioether (sulfide) groups is 1. The van der Waals surface area contributed by atoms with Gasteiger partial charge >= 0.3 is 0 Å². The van der Waals surface area contributed by atoms with Crippen LogP contribution >= 0.6 is 11.8 Å². The molecular weight excluding hydrogens is 336 g/mol. The topological polar surface area (TPSA) is 63.5 Å². The first-order chi connectivity index (χ1) is 12.0. The van der Waals surface area contributed by atoms with E-state index >= 15 is 0 Å². The Bertz CT molecular complexity index is 805. The molecule has 3 rings (SSSR count). The van der Waals surface area contributed by atoms with E-state index in [-0.39, 0.29) is 17.0 Å². The molecule has 130 valence electrons. The first-order valence-electron chi connectivity index (χ1n) is 8.17. The van der Waals surface area contributed by atoms with Gasteiger partial charge in [-0.1, -0.05) is 30.3 Å². The zero-order chi connectivity index (χ0) is 18.0. The summed E-state index contributed by atoms with van der Waals surface area (Å²) in [5.41, 5.74) is 4.71. The minimum Gasteiger partial charge on any atom is -0.326 e. The standard InChI is InChI=1S/C19H20N2O3S/c1-13-3-6-16(11-14(13)2)19-20(18(22)12-25-19)10-9-15-4-7-17(8-5-15)21(23)24/h3-8,11,19H,9-10,12H2,1-2H3. The van der Waals surface area contributed by atoms with E-state index in [0.717, 1.165) is 11.1 Å². The molecule has 2 aromatic carbocycles. The molecule has 0 N–H and O–H groups in total. The summed E-state index contributed by atoms with van der Waals surface area (Å²) in [4.78, 5) is 24.5. The summed E-state index contributed by atoms with van der Waals surface area (Å²) in [6, 6.07) is 12.9. The molecule has 25 heavy (non-hydrogen) atoms. The second-order valence-electron chi connectivity index (χ2n) is 6.27. The second-order valence-corrected chi connectivity index (χ2v) is 7.34. The number of amides is 1. The van der Waals surface area contributed by atoms with Gasteiger partial charge in [-0.05, 0) is 42.5 Å². The smallest absolute Gasteiger partial charge is 0.269 e. The molecule has 1 atom stereocenters. The van der Waals surface area contributed by atoms with Crippen LogP contribution in [0.1, 0.15) is 27.6 Å². The molecule has 0 saturated carbocycles. The molecule has 1 fully saturated rings. The average Bonchev–Trinajstić information content (AvgIpc) is 2.96. The number of benzene rings is 2. The number of carbonyl (C=O) groups is 1. The highest BCUT2D eigenvalue weighted by molar-refractivity contribution is 8.00. The quantitative estimate of drug-likeness (QED) is 0.599. The Morgan fingerprint density at radius 3 is 2.52 bits per heavy atom. The van der Waals surface area contributed by atoms with Crippen molar-refractivity contribution in [2.75, 3.05) is 12.3 Å². The summed E-state index contributed by atoms with van der Waals surface area (Å²) in [6.45, 7) is 4.78. The first kappa shape index (κ1) is 17.5. The third kappa shape index (κ3) is 3.85. The van der Waals surface area contributed by atoms with Gasteiger partial charge in [0.05, 0.1) is 10.7 Å². The maximum absolute atomic E-state index is 12.3. The molecule has 1 aliphatic rings. The van der Waals surface area contributed by atoms with Crippen LogP contribution in [-0.2, 0) is 11.2 Å². The van der Waals surface area contributed by atoms with Gasteiger partial charge in [0.1, 0.15) is 5.37 Å². The molecule has 1 unspecified atom stereocenters. The Morgan fingerprint density at radius 2 is 1.88 bits per heavy atom. The van der Waals surface area contributed by atoms with Crippen LogP contribution in [0.3, 0.4) is 0 Å². The minimum atomic E-state index is -0.403. The zero-order valence-corrected chi connectivity index (χ0v) is 15.1. The van der Waals surface area contributed by atoms with Gasteiger partial charge in [0, 0.05) is 18.7 Å². The lowest BCUT2D eigenvalue weighted by atomic mass is 10.1. The van der Waals surface area contributed by atoms with Gasteiger partial charge in [-0.25, -0.2) is 0 Å². The SMILES string of the molecule is Cc1ccc(C2SCC(=O)N2CCc2ccc([N+](=O)[O-])cc2)cc1C. The van der Waals surface area contributed by atoms with Gasteiger partial charge in [-0.2, -0.15) is 0 Å². The normalized spacial score (nSPS) is 17.1. The van der Waals surface area contributed by atoms with E-state index in [2.05, 4.69) is 32.0 Å². The van der Waals surface area contributed by atoms with E-state index in [1.54, 1.807) is 23.9 Å². The van der Waals surface area contributed by atoms with Gasteiger partial charge in [0.25, 0.3) is 5.69 Å². The Labute approximate surface area is 151 Å². The molecule has 0 bridgehead atoms. The lowest BCUT2D eigenvalue weighted by Crippen LogP contribution is -2.30. The number of carbonyl (C=O) groups excluding carboxylic acids is 1. The molecule has 2 aromatic rings. The van der Waals surface area contributed by atoms with Crippen LogP contribution in [0.25, 0.3) is 0 Å². The summed E-state index contributed by atoms with van der Waals surface area (Å²) in [5.74, 6) is 0.646. The van der Waals surface area contributed by atoms with Gasteiger partial charge < -0.3 is 4.90 Å². The van der Waals surface area contributed by atoms with Crippen LogP contribution < -0.4 is 0 Å². The van der Waals surface area contributed by atoms with Crippen molar-refractivity contribution in [3.05, 3.63) is 74.8 Å². The van der Waals surface area contributed by atoms with Crippen LogP contribution in [0.15, 0.2) is 42.5 Å². The van der Waals surface area contributed by atoms with E-state index in [0.29, 0.717) is 18.7 Å². The van der Waals surface area contributed by atoms with Crippen molar-refractivity contribution in [2.45, 2.75) is 25.6 Å². The number of hydrogen-bond donors (Lipinski definition) is 0. The molecular formula is C19H20N2O3S. The molecule has 5 nitrogen and oxygen atoms in total. The second kappa shape index (κ2) is 7.27. The summed E-state index contributed by atoms with van der Waals surface area (Å²) in [5, 5.41) is 10.8. The van der Waals surface area contributed by atoms with E-state index in [9.17, 15) is 14.9 Å². The fourth-order valence-corrected chi connectivity index (χ4v) is 4.13. The summed E-state index contributed by atoms with van der Waals surface area (Å²) >= 11 is 1.65. The Balaban J connectivity index is 1.71. The molecule has 1 aliphatic heterocycles. The summed E-state index contributed by atoms with van der Waals surface area (Å²) in [6.07, 6.45) is 0.686. The van der Waals surface area contributed by atoms with Gasteiger partial charge in [-0.15, -0.1) is 11.8 Å². The van der Waals surface area contributed by atoms with Crippen molar-refractivity contribution in [1.82, 2.24) is 4.90 Å². The van der Waals surface area contributed by atoms with Crippen LogP contribution in [0, 0.1) is 24.0 Å². The van der Waals surface area contributed by atoms with Crippen molar-refractivity contribution in [3.63, 3.8) is 0 Å². The average molecular weight is 356 g/mol. The Kier molecular flexibility index (Phi) is 5.08. The van der Waals surface area contributed by atoms with E-state index in [1.165, 1.54) is 23.3 Å². The van der Waals surface area contributed by atoms with E-state index < -0.39 is 4.92 Å². The lowest BCUT2D eigenvalue weighted by molar-refractivity contribution is -0.384. The van der Waals surface area contributed by atoms with Crippen molar-refractivity contribution in [1.29, 1.82) is 0 Å². The highest BCUT2D eigenvalue weighted by atomic mass is 32.2. The summed E-state index contributed by atoms with van der Waals surface area (Å²) in [7, 11) is 0. The predicted molar refractivity (Wildman–Crippen MR) is 99.6 cm³/mol. The first-order valence-corrected chi connectivity index (χ1v) is 9.22. The number of non-ortho nitro benzene ring substituents is 1. The van der Waals surface area contributed by atoms with Crippen molar-refractivity contribution in [2.24, 2.45) is 0 Å². The lowest BCUT2D eigenvalue weighted by Gasteiger charge is -2.25. The molecule has 1 heterocycles. The number of nitrogens with zero attached hydrogens (tertiary/aromatic N) is 2. The van der Waals surface area contributed by atoms with Crippen molar-refractivity contribution in [3.8, 4) is 0 Å². The monoisotopic (exact) mass is 356 g/mol. The van der Waals surface area contributed by atoms with Crippen LogP contribution in [0.5, 0.6) is 0 Å². The van der Waals surface area contributed by atoms with Crippen molar-refractivity contribution < 1.29 is 9.72 Å². The minimum absolute atomic E-state index is 0.0462. The molecule has 1 amide bonds. The van der Waals surface area contributed by atoms with Gasteiger partial charge in [0.15, 0.2) is 0 Å². The predicted octanol–water partition coefficient (Wildman–Crippen LogP) is 4.03. The third-order valence-corrected chi connectivity index (χ3v) is 5.83. The van der Waals surface area contributed by atoms with E-state index in [1.807, 2.05) is 4.90 Å². The Morgan fingerprint density at radius 1 is 1.16 bits per heavy atom. The maximum Gasteiger partial charge on any atom is 0.269 e. The molecule has 0 aliphatic carbocycles. The van der Waals surface area contributed by atoms with Crippen LogP contribution in [0.4, 0.5) is 5.69 Å². The number of nitro groups is 1. The molecule has 1 saturated heterocycles. The fraction of sp³-hybridized carbons (Fsp3) is 0.316. The highest BCUT2D eigenvalue weighted by Crippen LogP contribution is 2.39. The fourth-order valence-electron chi connectivity index (χ4n) is 2.92. The zero-order valence-electron chi connectivity index (χ0n) is 14.3. The number of hydrogen-bond acceptors (Lipinski definition) is 4. The molecule has 0 radical (unpaired) electrons. The third-order valence-electron chi connectivity index (χ3n) is 4.57. The summed E-state index contributed by atoms with van der Waals surface area (Å²) < 4.78 is 0. The van der Waals surface area contributed by atoms with Crippen molar-refractivity contribution >= 4 is 23.4 Å². The van der Waals surface area contributed by atoms with E-state index in [4.69, 9.17) is 0 Å². The number of rotatable bonds is 5. The van der Waals surface area contributed by atoms with Crippen LogP contribution in [-0.4, -0.2) is 28.0 Å². The number of aryl methyl sites for hydroxylation is 2. The Hall–Kier alpha value is -2.34. The van der Waals surface area contributed by atoms with Crippen LogP contribution in [0.2, 0.25) is 0 Å². The van der Waals surface area contributed by atoms with Gasteiger partial charge in [0.2, 0.25) is 5.91 Å². The molecule has 6 heteroatoms. The maximum atomic E-state index is 12.3.